The van der Waals surface area contributed by atoms with Crippen LogP contribution in [0.1, 0.15) is 41.4 Å². The average molecular weight is 298 g/mol. The molecule has 1 aromatic carbocycles. The second-order valence-electron chi connectivity index (χ2n) is 5.51. The van der Waals surface area contributed by atoms with Gasteiger partial charge in [-0.1, -0.05) is 29.8 Å². The minimum Gasteiger partial charge on any atom is -0.282 e. The number of carbonyl (C=O) groups is 1. The molecule has 0 aliphatic carbocycles. The molecule has 0 atom stereocenters. The van der Waals surface area contributed by atoms with Crippen LogP contribution in [0.15, 0.2) is 29.4 Å². The maximum atomic E-state index is 11.9. The largest absolute Gasteiger partial charge is 0.282 e. The van der Waals surface area contributed by atoms with Crippen molar-refractivity contribution < 1.29 is 4.79 Å². The fourth-order valence-corrected chi connectivity index (χ4v) is 2.24. The first-order valence-corrected chi connectivity index (χ1v) is 7.38. The van der Waals surface area contributed by atoms with Crippen molar-refractivity contribution >= 4 is 11.6 Å². The van der Waals surface area contributed by atoms with Crippen molar-refractivity contribution in [3.8, 4) is 0 Å². The molecule has 2 aromatic rings. The lowest BCUT2D eigenvalue weighted by Gasteiger charge is -2.04. The van der Waals surface area contributed by atoms with Crippen molar-refractivity contribution in [3.05, 3.63) is 52.3 Å². The van der Waals surface area contributed by atoms with E-state index in [2.05, 4.69) is 20.7 Å². The Balaban J connectivity index is 1.89. The SMILES string of the molecule is C/C(=N/NC(=O)CCc1c(C)n[nH]c1C)c1ccc(C)cc1. The summed E-state index contributed by atoms with van der Waals surface area (Å²) in [5.74, 6) is -0.0912. The fraction of sp³-hybridized carbons (Fsp3) is 0.353. The summed E-state index contributed by atoms with van der Waals surface area (Å²) < 4.78 is 0. The molecule has 0 saturated carbocycles. The van der Waals surface area contributed by atoms with Gasteiger partial charge in [-0.2, -0.15) is 10.2 Å². The van der Waals surface area contributed by atoms with Crippen LogP contribution in [0.5, 0.6) is 0 Å². The number of rotatable bonds is 5. The average Bonchev–Trinajstić information content (AvgIpc) is 2.82. The van der Waals surface area contributed by atoms with Crippen molar-refractivity contribution in [1.82, 2.24) is 15.6 Å². The number of hydrazone groups is 1. The molecule has 116 valence electrons. The topological polar surface area (TPSA) is 70.1 Å². The summed E-state index contributed by atoms with van der Waals surface area (Å²) in [5, 5.41) is 11.2. The number of benzene rings is 1. The molecule has 0 aliphatic rings. The predicted octanol–water partition coefficient (Wildman–Crippen LogP) is 2.81. The third kappa shape index (κ3) is 4.04. The van der Waals surface area contributed by atoms with Gasteiger partial charge in [0.2, 0.25) is 5.91 Å². The summed E-state index contributed by atoms with van der Waals surface area (Å²) in [6, 6.07) is 8.05. The van der Waals surface area contributed by atoms with Crippen LogP contribution in [0.2, 0.25) is 0 Å². The van der Waals surface area contributed by atoms with E-state index in [9.17, 15) is 4.79 Å². The monoisotopic (exact) mass is 298 g/mol. The molecule has 0 unspecified atom stereocenters. The van der Waals surface area contributed by atoms with Crippen LogP contribution in [0.4, 0.5) is 0 Å². The number of nitrogens with zero attached hydrogens (tertiary/aromatic N) is 2. The van der Waals surface area contributed by atoms with Gasteiger partial charge in [-0.05, 0) is 45.2 Å². The Morgan fingerprint density at radius 1 is 1.23 bits per heavy atom. The number of aromatic nitrogens is 2. The molecule has 22 heavy (non-hydrogen) atoms. The first-order chi connectivity index (χ1) is 10.5. The number of hydrogen-bond donors (Lipinski definition) is 2. The number of carbonyl (C=O) groups excluding carboxylic acids is 1. The molecule has 0 bridgehead atoms. The lowest BCUT2D eigenvalue weighted by molar-refractivity contribution is -0.121. The van der Waals surface area contributed by atoms with E-state index in [1.807, 2.05) is 52.0 Å². The highest BCUT2D eigenvalue weighted by Crippen LogP contribution is 2.11. The van der Waals surface area contributed by atoms with Crippen LogP contribution in [0, 0.1) is 20.8 Å². The third-order valence-electron chi connectivity index (χ3n) is 3.70. The Hall–Kier alpha value is -2.43. The molecule has 2 N–H and O–H groups in total. The number of hydrogen-bond acceptors (Lipinski definition) is 3. The van der Waals surface area contributed by atoms with Gasteiger partial charge in [0.25, 0.3) is 0 Å². The van der Waals surface area contributed by atoms with Crippen LogP contribution in [0.25, 0.3) is 0 Å². The van der Waals surface area contributed by atoms with E-state index in [4.69, 9.17) is 0 Å². The molecule has 1 amide bonds. The minimum atomic E-state index is -0.0912. The molecule has 0 fully saturated rings. The summed E-state index contributed by atoms with van der Waals surface area (Å²) in [7, 11) is 0. The van der Waals surface area contributed by atoms with E-state index in [1.54, 1.807) is 0 Å². The second kappa shape index (κ2) is 7.02. The standard InChI is InChI=1S/C17H22N4O/c1-11-5-7-15(8-6-11)12(2)18-21-17(22)10-9-16-13(3)19-20-14(16)4/h5-8H,9-10H2,1-4H3,(H,19,20)(H,21,22)/b18-12-. The van der Waals surface area contributed by atoms with Gasteiger partial charge < -0.3 is 0 Å². The zero-order valence-electron chi connectivity index (χ0n) is 13.5. The number of aromatic amines is 1. The number of nitrogens with one attached hydrogen (secondary N) is 2. The van der Waals surface area contributed by atoms with Crippen molar-refractivity contribution in [2.45, 2.75) is 40.5 Å². The summed E-state index contributed by atoms with van der Waals surface area (Å²) >= 11 is 0. The Morgan fingerprint density at radius 3 is 2.50 bits per heavy atom. The normalized spacial score (nSPS) is 11.5. The first kappa shape index (κ1) is 15.9. The molecular weight excluding hydrogens is 276 g/mol. The van der Waals surface area contributed by atoms with Crippen molar-refractivity contribution in [2.24, 2.45) is 5.10 Å². The van der Waals surface area contributed by atoms with Crippen molar-refractivity contribution in [3.63, 3.8) is 0 Å². The molecule has 5 nitrogen and oxygen atoms in total. The van der Waals surface area contributed by atoms with Gasteiger partial charge in [-0.15, -0.1) is 0 Å². The molecule has 2 rings (SSSR count). The maximum Gasteiger partial charge on any atom is 0.240 e. The Morgan fingerprint density at radius 2 is 1.91 bits per heavy atom. The minimum absolute atomic E-state index is 0.0912. The zero-order chi connectivity index (χ0) is 16.1. The third-order valence-corrected chi connectivity index (χ3v) is 3.70. The van der Waals surface area contributed by atoms with Crippen LogP contribution in [-0.2, 0) is 11.2 Å². The quantitative estimate of drug-likeness (QED) is 0.658. The van der Waals surface area contributed by atoms with Gasteiger partial charge in [0, 0.05) is 12.1 Å². The zero-order valence-corrected chi connectivity index (χ0v) is 13.5. The molecule has 1 heterocycles. The Labute approximate surface area is 130 Å². The Kier molecular flexibility index (Phi) is 5.09. The smallest absolute Gasteiger partial charge is 0.240 e. The summed E-state index contributed by atoms with van der Waals surface area (Å²) in [6.07, 6.45) is 1.06. The first-order valence-electron chi connectivity index (χ1n) is 7.38. The van der Waals surface area contributed by atoms with E-state index in [1.165, 1.54) is 5.56 Å². The van der Waals surface area contributed by atoms with Gasteiger partial charge in [0.15, 0.2) is 0 Å². The van der Waals surface area contributed by atoms with E-state index in [-0.39, 0.29) is 5.91 Å². The van der Waals surface area contributed by atoms with E-state index >= 15 is 0 Å². The summed E-state index contributed by atoms with van der Waals surface area (Å²) in [5.41, 5.74) is 8.69. The van der Waals surface area contributed by atoms with Gasteiger partial charge >= 0.3 is 0 Å². The number of H-pyrrole nitrogens is 1. The summed E-state index contributed by atoms with van der Waals surface area (Å²) in [4.78, 5) is 11.9. The molecule has 0 saturated heterocycles. The highest BCUT2D eigenvalue weighted by molar-refractivity contribution is 5.99. The maximum absolute atomic E-state index is 11.9. The van der Waals surface area contributed by atoms with Gasteiger partial charge in [-0.3, -0.25) is 9.89 Å². The van der Waals surface area contributed by atoms with E-state index in [0.29, 0.717) is 12.8 Å². The lowest BCUT2D eigenvalue weighted by Crippen LogP contribution is -2.19. The number of aryl methyl sites for hydroxylation is 3. The van der Waals surface area contributed by atoms with Crippen LogP contribution in [-0.4, -0.2) is 21.8 Å². The molecule has 5 heteroatoms. The van der Waals surface area contributed by atoms with Gasteiger partial charge in [0.1, 0.15) is 0 Å². The van der Waals surface area contributed by atoms with Gasteiger partial charge in [-0.25, -0.2) is 5.43 Å². The van der Waals surface area contributed by atoms with Crippen LogP contribution >= 0.6 is 0 Å². The fourth-order valence-electron chi connectivity index (χ4n) is 2.24. The number of amides is 1. The van der Waals surface area contributed by atoms with E-state index < -0.39 is 0 Å². The molecule has 0 spiro atoms. The van der Waals surface area contributed by atoms with Crippen molar-refractivity contribution in [2.75, 3.05) is 0 Å². The van der Waals surface area contributed by atoms with Crippen LogP contribution in [0.3, 0.4) is 0 Å². The molecule has 0 radical (unpaired) electrons. The van der Waals surface area contributed by atoms with Crippen molar-refractivity contribution in [1.29, 1.82) is 0 Å². The molecular formula is C17H22N4O. The summed E-state index contributed by atoms with van der Waals surface area (Å²) in [6.45, 7) is 7.83. The lowest BCUT2D eigenvalue weighted by atomic mass is 10.1. The highest BCUT2D eigenvalue weighted by Gasteiger charge is 2.09. The molecule has 1 aromatic heterocycles. The van der Waals surface area contributed by atoms with Crippen LogP contribution < -0.4 is 5.43 Å². The van der Waals surface area contributed by atoms with E-state index in [0.717, 1.165) is 28.2 Å². The van der Waals surface area contributed by atoms with Gasteiger partial charge in [0.05, 0.1) is 11.4 Å². The Bertz CT molecular complexity index is 664. The highest BCUT2D eigenvalue weighted by atomic mass is 16.2. The second-order valence-corrected chi connectivity index (χ2v) is 5.51. The molecule has 0 aliphatic heterocycles. The predicted molar refractivity (Wildman–Crippen MR) is 87.9 cm³/mol.